The Morgan fingerprint density at radius 3 is 1.93 bits per heavy atom. The molecule has 0 aromatic heterocycles. The molecule has 0 saturated carbocycles. The van der Waals surface area contributed by atoms with Crippen LogP contribution < -0.4 is 0 Å². The van der Waals surface area contributed by atoms with E-state index in [4.69, 9.17) is 0 Å². The fraction of sp³-hybridized carbons (Fsp3) is 0.385. The molecular formula is C13H19F. The standard InChI is InChI=1S/C11H13F.C2H6/c1-8(2)9(3)10-4-6-11(12)7-5-10;1-2/h4-8H,3H2,1-2H3;1-2H3. The van der Waals surface area contributed by atoms with Crippen LogP contribution in [0.1, 0.15) is 33.3 Å². The molecule has 1 rings (SSSR count). The van der Waals surface area contributed by atoms with Crippen LogP contribution in [-0.4, -0.2) is 0 Å². The van der Waals surface area contributed by atoms with Crippen LogP contribution in [0.5, 0.6) is 0 Å². The first-order valence-electron chi connectivity index (χ1n) is 5.06. The van der Waals surface area contributed by atoms with Crippen LogP contribution in [-0.2, 0) is 0 Å². The van der Waals surface area contributed by atoms with Crippen molar-refractivity contribution in [2.45, 2.75) is 27.7 Å². The minimum Gasteiger partial charge on any atom is -0.207 e. The van der Waals surface area contributed by atoms with E-state index >= 15 is 0 Å². The zero-order chi connectivity index (χ0) is 11.1. The molecule has 14 heavy (non-hydrogen) atoms. The van der Waals surface area contributed by atoms with Gasteiger partial charge in [0.05, 0.1) is 0 Å². The van der Waals surface area contributed by atoms with Gasteiger partial charge in [0.15, 0.2) is 0 Å². The summed E-state index contributed by atoms with van der Waals surface area (Å²) in [5, 5.41) is 0. The van der Waals surface area contributed by atoms with E-state index in [0.717, 1.165) is 11.1 Å². The lowest BCUT2D eigenvalue weighted by Gasteiger charge is -2.08. The summed E-state index contributed by atoms with van der Waals surface area (Å²) < 4.78 is 12.5. The predicted octanol–water partition coefficient (Wildman–Crippen LogP) is 4.52. The van der Waals surface area contributed by atoms with E-state index in [9.17, 15) is 4.39 Å². The molecule has 0 N–H and O–H groups in total. The third-order valence-electron chi connectivity index (χ3n) is 1.91. The smallest absolute Gasteiger partial charge is 0.123 e. The van der Waals surface area contributed by atoms with Gasteiger partial charge in [-0.1, -0.05) is 46.4 Å². The monoisotopic (exact) mass is 194 g/mol. The molecule has 1 heteroatoms. The number of rotatable bonds is 2. The van der Waals surface area contributed by atoms with E-state index < -0.39 is 0 Å². The summed E-state index contributed by atoms with van der Waals surface area (Å²) in [6.45, 7) is 12.1. The Bertz CT molecular complexity index is 270. The van der Waals surface area contributed by atoms with Gasteiger partial charge in [0.25, 0.3) is 0 Å². The highest BCUT2D eigenvalue weighted by molar-refractivity contribution is 5.64. The Morgan fingerprint density at radius 2 is 1.57 bits per heavy atom. The fourth-order valence-electron chi connectivity index (χ4n) is 0.997. The molecular weight excluding hydrogens is 175 g/mol. The van der Waals surface area contributed by atoms with Crippen molar-refractivity contribution < 1.29 is 4.39 Å². The van der Waals surface area contributed by atoms with Crippen LogP contribution in [0.15, 0.2) is 30.8 Å². The molecule has 0 amide bonds. The van der Waals surface area contributed by atoms with Crippen LogP contribution in [0.3, 0.4) is 0 Å². The molecule has 0 bridgehead atoms. The van der Waals surface area contributed by atoms with Crippen molar-refractivity contribution in [3.63, 3.8) is 0 Å². The lowest BCUT2D eigenvalue weighted by molar-refractivity contribution is 0.627. The summed E-state index contributed by atoms with van der Waals surface area (Å²) in [6.07, 6.45) is 0. The molecule has 1 aromatic rings. The Labute approximate surface area is 86.5 Å². The van der Waals surface area contributed by atoms with Crippen LogP contribution in [0.4, 0.5) is 4.39 Å². The van der Waals surface area contributed by atoms with Crippen molar-refractivity contribution in [3.05, 3.63) is 42.2 Å². The van der Waals surface area contributed by atoms with Crippen LogP contribution in [0.2, 0.25) is 0 Å². The van der Waals surface area contributed by atoms with E-state index in [2.05, 4.69) is 20.4 Å². The maximum atomic E-state index is 12.5. The second-order valence-electron chi connectivity index (χ2n) is 3.19. The first-order valence-corrected chi connectivity index (χ1v) is 5.06. The Kier molecular flexibility index (Phi) is 5.86. The molecule has 0 aliphatic heterocycles. The highest BCUT2D eigenvalue weighted by atomic mass is 19.1. The largest absolute Gasteiger partial charge is 0.207 e. The molecule has 0 aliphatic carbocycles. The molecule has 0 atom stereocenters. The summed E-state index contributed by atoms with van der Waals surface area (Å²) in [4.78, 5) is 0. The molecule has 0 heterocycles. The van der Waals surface area contributed by atoms with E-state index in [1.54, 1.807) is 12.1 Å². The fourth-order valence-corrected chi connectivity index (χ4v) is 0.997. The molecule has 1 aromatic carbocycles. The second-order valence-corrected chi connectivity index (χ2v) is 3.19. The van der Waals surface area contributed by atoms with Gasteiger partial charge < -0.3 is 0 Å². The average Bonchev–Trinajstić information content (AvgIpc) is 2.21. The number of hydrogen-bond acceptors (Lipinski definition) is 0. The maximum Gasteiger partial charge on any atom is 0.123 e. The minimum absolute atomic E-state index is 0.199. The minimum atomic E-state index is -0.199. The van der Waals surface area contributed by atoms with Crippen LogP contribution >= 0.6 is 0 Å². The third kappa shape index (κ3) is 3.73. The zero-order valence-electron chi connectivity index (χ0n) is 9.47. The lowest BCUT2D eigenvalue weighted by atomic mass is 9.97. The maximum absolute atomic E-state index is 12.5. The zero-order valence-corrected chi connectivity index (χ0v) is 9.47. The first-order chi connectivity index (χ1) is 6.61. The van der Waals surface area contributed by atoms with Crippen molar-refractivity contribution in [2.24, 2.45) is 5.92 Å². The van der Waals surface area contributed by atoms with Gasteiger partial charge in [-0.25, -0.2) is 4.39 Å². The molecule has 0 unspecified atom stereocenters. The van der Waals surface area contributed by atoms with Gasteiger partial charge in [-0.2, -0.15) is 0 Å². The van der Waals surface area contributed by atoms with Crippen molar-refractivity contribution in [1.29, 1.82) is 0 Å². The lowest BCUT2D eigenvalue weighted by Crippen LogP contribution is -1.91. The van der Waals surface area contributed by atoms with Gasteiger partial charge in [0.2, 0.25) is 0 Å². The molecule has 0 radical (unpaired) electrons. The number of allylic oxidation sites excluding steroid dienone is 1. The Balaban J connectivity index is 0.000000791. The summed E-state index contributed by atoms with van der Waals surface area (Å²) in [7, 11) is 0. The van der Waals surface area contributed by atoms with Crippen molar-refractivity contribution in [3.8, 4) is 0 Å². The van der Waals surface area contributed by atoms with Gasteiger partial charge in [0, 0.05) is 0 Å². The summed E-state index contributed by atoms with van der Waals surface area (Å²) in [6, 6.07) is 6.45. The Morgan fingerprint density at radius 1 is 1.14 bits per heavy atom. The topological polar surface area (TPSA) is 0 Å². The third-order valence-corrected chi connectivity index (χ3v) is 1.91. The predicted molar refractivity (Wildman–Crippen MR) is 61.6 cm³/mol. The highest BCUT2D eigenvalue weighted by Crippen LogP contribution is 2.20. The van der Waals surface area contributed by atoms with Gasteiger partial charge >= 0.3 is 0 Å². The van der Waals surface area contributed by atoms with Crippen LogP contribution in [0.25, 0.3) is 5.57 Å². The molecule has 0 spiro atoms. The van der Waals surface area contributed by atoms with Crippen molar-refractivity contribution >= 4 is 5.57 Å². The van der Waals surface area contributed by atoms with E-state index in [1.807, 2.05) is 13.8 Å². The quantitative estimate of drug-likeness (QED) is 0.649. The number of benzene rings is 1. The van der Waals surface area contributed by atoms with Gasteiger partial charge in [-0.15, -0.1) is 0 Å². The van der Waals surface area contributed by atoms with Gasteiger partial charge in [0.1, 0.15) is 5.82 Å². The molecule has 78 valence electrons. The van der Waals surface area contributed by atoms with Crippen molar-refractivity contribution in [1.82, 2.24) is 0 Å². The summed E-state index contributed by atoms with van der Waals surface area (Å²) in [5.74, 6) is 0.214. The van der Waals surface area contributed by atoms with E-state index in [-0.39, 0.29) is 5.82 Å². The second kappa shape index (κ2) is 6.36. The molecule has 0 aliphatic rings. The molecule has 0 saturated heterocycles. The molecule has 0 nitrogen and oxygen atoms in total. The highest BCUT2D eigenvalue weighted by Gasteiger charge is 2.02. The Hall–Kier alpha value is -1.11. The summed E-state index contributed by atoms with van der Waals surface area (Å²) >= 11 is 0. The average molecular weight is 194 g/mol. The van der Waals surface area contributed by atoms with E-state index in [0.29, 0.717) is 5.92 Å². The number of halogens is 1. The normalized spacial score (nSPS) is 9.29. The first kappa shape index (κ1) is 12.9. The van der Waals surface area contributed by atoms with Crippen LogP contribution in [0, 0.1) is 11.7 Å². The van der Waals surface area contributed by atoms with Gasteiger partial charge in [-0.05, 0) is 29.2 Å². The number of hydrogen-bond donors (Lipinski definition) is 0. The van der Waals surface area contributed by atoms with E-state index in [1.165, 1.54) is 12.1 Å². The summed E-state index contributed by atoms with van der Waals surface area (Å²) in [5.41, 5.74) is 2.07. The van der Waals surface area contributed by atoms with Crippen molar-refractivity contribution in [2.75, 3.05) is 0 Å². The van der Waals surface area contributed by atoms with Gasteiger partial charge in [-0.3, -0.25) is 0 Å². The SMILES string of the molecule is C=C(c1ccc(F)cc1)C(C)C.CC. The molecule has 0 fully saturated rings.